The molecule has 1 aliphatic carbocycles. The van der Waals surface area contributed by atoms with Crippen LogP contribution in [0.15, 0.2) is 23.6 Å². The van der Waals surface area contributed by atoms with Crippen molar-refractivity contribution in [3.05, 3.63) is 39.3 Å². The van der Waals surface area contributed by atoms with Crippen LogP contribution in [-0.2, 0) is 0 Å². The molecule has 4 nitrogen and oxygen atoms in total. The van der Waals surface area contributed by atoms with E-state index in [9.17, 15) is 4.79 Å². The Kier molecular flexibility index (Phi) is 4.68. The molecule has 7 heteroatoms. The molecule has 1 unspecified atom stereocenters. The first-order chi connectivity index (χ1) is 10.6. The fourth-order valence-corrected chi connectivity index (χ4v) is 3.35. The molecule has 1 aromatic carbocycles. The standard InChI is InChI=1S/C15H15Cl2N3OS/c16-10-4-3-9(5-11(10)17)15-20-13(7-22-15)14(21)19-12(6-18)8-1-2-8/h3-5,7-8,12H,1-2,6,18H2,(H,19,21). The molecule has 0 spiro atoms. The molecule has 0 aliphatic heterocycles. The summed E-state index contributed by atoms with van der Waals surface area (Å²) < 4.78 is 0. The topological polar surface area (TPSA) is 68.0 Å². The average molecular weight is 356 g/mol. The second-order valence-corrected chi connectivity index (χ2v) is 6.99. The normalized spacial score (nSPS) is 15.6. The van der Waals surface area contributed by atoms with Crippen LogP contribution in [0, 0.1) is 5.92 Å². The van der Waals surface area contributed by atoms with Gasteiger partial charge >= 0.3 is 0 Å². The van der Waals surface area contributed by atoms with Crippen molar-refractivity contribution in [3.8, 4) is 10.6 Å². The first kappa shape index (κ1) is 15.7. The minimum absolute atomic E-state index is 0.0441. The van der Waals surface area contributed by atoms with Gasteiger partial charge in [-0.3, -0.25) is 4.79 Å². The van der Waals surface area contributed by atoms with Crippen LogP contribution in [-0.4, -0.2) is 23.5 Å². The van der Waals surface area contributed by atoms with Crippen LogP contribution in [0.25, 0.3) is 10.6 Å². The maximum atomic E-state index is 12.2. The van der Waals surface area contributed by atoms with Gasteiger partial charge in [-0.25, -0.2) is 4.98 Å². The molecule has 1 saturated carbocycles. The highest BCUT2D eigenvalue weighted by Crippen LogP contribution is 2.33. The van der Waals surface area contributed by atoms with Crippen molar-refractivity contribution >= 4 is 40.4 Å². The van der Waals surface area contributed by atoms with Gasteiger partial charge < -0.3 is 11.1 Å². The lowest BCUT2D eigenvalue weighted by molar-refractivity contribution is 0.0929. The molecule has 1 aromatic heterocycles. The Morgan fingerprint density at radius 3 is 2.82 bits per heavy atom. The van der Waals surface area contributed by atoms with Crippen LogP contribution in [0.3, 0.4) is 0 Å². The molecular formula is C15H15Cl2N3OS. The van der Waals surface area contributed by atoms with Crippen LogP contribution in [0.5, 0.6) is 0 Å². The van der Waals surface area contributed by atoms with E-state index < -0.39 is 0 Å². The lowest BCUT2D eigenvalue weighted by Gasteiger charge is -2.14. The maximum absolute atomic E-state index is 12.2. The minimum atomic E-state index is -0.176. The van der Waals surface area contributed by atoms with E-state index in [1.807, 2.05) is 6.07 Å². The first-order valence-electron chi connectivity index (χ1n) is 7.00. The van der Waals surface area contributed by atoms with Gasteiger partial charge in [0, 0.05) is 23.5 Å². The zero-order valence-electron chi connectivity index (χ0n) is 11.7. The van der Waals surface area contributed by atoms with E-state index in [2.05, 4.69) is 10.3 Å². The highest BCUT2D eigenvalue weighted by molar-refractivity contribution is 7.13. The van der Waals surface area contributed by atoms with Crippen LogP contribution < -0.4 is 11.1 Å². The van der Waals surface area contributed by atoms with Crippen molar-refractivity contribution in [1.29, 1.82) is 0 Å². The number of carbonyl (C=O) groups is 1. The fraction of sp³-hybridized carbons (Fsp3) is 0.333. The molecule has 0 radical (unpaired) electrons. The number of thiazole rings is 1. The Morgan fingerprint density at radius 1 is 1.41 bits per heavy atom. The van der Waals surface area contributed by atoms with Crippen LogP contribution in [0.2, 0.25) is 10.0 Å². The third-order valence-electron chi connectivity index (χ3n) is 3.66. The van der Waals surface area contributed by atoms with E-state index in [0.717, 1.165) is 23.4 Å². The summed E-state index contributed by atoms with van der Waals surface area (Å²) in [5.74, 6) is 0.340. The molecule has 1 aliphatic rings. The second kappa shape index (κ2) is 6.54. The average Bonchev–Trinajstić information content (AvgIpc) is 3.23. The molecule has 3 rings (SSSR count). The van der Waals surface area contributed by atoms with Crippen molar-refractivity contribution in [2.75, 3.05) is 6.54 Å². The van der Waals surface area contributed by atoms with E-state index in [4.69, 9.17) is 28.9 Å². The van der Waals surface area contributed by atoms with E-state index in [-0.39, 0.29) is 11.9 Å². The van der Waals surface area contributed by atoms with Gasteiger partial charge in [-0.15, -0.1) is 11.3 Å². The van der Waals surface area contributed by atoms with Crippen molar-refractivity contribution < 1.29 is 4.79 Å². The summed E-state index contributed by atoms with van der Waals surface area (Å²) in [7, 11) is 0. The quantitative estimate of drug-likeness (QED) is 0.860. The SMILES string of the molecule is NCC(NC(=O)c1csc(-c2ccc(Cl)c(Cl)c2)n1)C1CC1. The van der Waals surface area contributed by atoms with E-state index in [0.29, 0.717) is 28.2 Å². The number of nitrogens with zero attached hydrogens (tertiary/aromatic N) is 1. The van der Waals surface area contributed by atoms with Gasteiger partial charge in [0.05, 0.1) is 10.0 Å². The molecule has 0 saturated heterocycles. The lowest BCUT2D eigenvalue weighted by Crippen LogP contribution is -2.41. The highest BCUT2D eigenvalue weighted by Gasteiger charge is 2.31. The summed E-state index contributed by atoms with van der Waals surface area (Å²) in [6, 6.07) is 5.35. The van der Waals surface area contributed by atoms with Gasteiger partial charge in [0.15, 0.2) is 0 Å². The van der Waals surface area contributed by atoms with E-state index in [1.165, 1.54) is 11.3 Å². The molecule has 1 amide bonds. The predicted molar refractivity (Wildman–Crippen MR) is 90.6 cm³/mol. The third kappa shape index (κ3) is 3.43. The Morgan fingerprint density at radius 2 is 2.18 bits per heavy atom. The Balaban J connectivity index is 1.75. The lowest BCUT2D eigenvalue weighted by atomic mass is 10.2. The third-order valence-corrected chi connectivity index (χ3v) is 5.30. The fourth-order valence-electron chi connectivity index (χ4n) is 2.25. The summed E-state index contributed by atoms with van der Waals surface area (Å²) in [4.78, 5) is 16.6. The van der Waals surface area contributed by atoms with Crippen LogP contribution >= 0.6 is 34.5 Å². The van der Waals surface area contributed by atoms with Crippen molar-refractivity contribution in [2.45, 2.75) is 18.9 Å². The molecule has 116 valence electrons. The Labute approximate surface area is 142 Å². The van der Waals surface area contributed by atoms with E-state index >= 15 is 0 Å². The number of benzene rings is 1. The maximum Gasteiger partial charge on any atom is 0.271 e. The molecule has 2 aromatic rings. The number of hydrogen-bond acceptors (Lipinski definition) is 4. The number of amides is 1. The molecule has 0 bridgehead atoms. The summed E-state index contributed by atoms with van der Waals surface area (Å²) in [6.07, 6.45) is 2.27. The predicted octanol–water partition coefficient (Wildman–Crippen LogP) is 3.58. The number of aromatic nitrogens is 1. The Bertz CT molecular complexity index is 700. The highest BCUT2D eigenvalue weighted by atomic mass is 35.5. The molecule has 1 heterocycles. The van der Waals surface area contributed by atoms with Crippen molar-refractivity contribution in [1.82, 2.24) is 10.3 Å². The van der Waals surface area contributed by atoms with Crippen LogP contribution in [0.4, 0.5) is 0 Å². The molecular weight excluding hydrogens is 341 g/mol. The zero-order valence-corrected chi connectivity index (χ0v) is 14.0. The van der Waals surface area contributed by atoms with Gasteiger partial charge in [0.2, 0.25) is 0 Å². The number of nitrogens with one attached hydrogen (secondary N) is 1. The first-order valence-corrected chi connectivity index (χ1v) is 8.64. The smallest absolute Gasteiger partial charge is 0.271 e. The monoisotopic (exact) mass is 355 g/mol. The minimum Gasteiger partial charge on any atom is -0.346 e. The van der Waals surface area contributed by atoms with Crippen molar-refractivity contribution in [3.63, 3.8) is 0 Å². The van der Waals surface area contributed by atoms with Gasteiger partial charge in [0.25, 0.3) is 5.91 Å². The summed E-state index contributed by atoms with van der Waals surface area (Å²) >= 11 is 13.3. The summed E-state index contributed by atoms with van der Waals surface area (Å²) in [5.41, 5.74) is 6.96. The molecule has 3 N–H and O–H groups in total. The van der Waals surface area contributed by atoms with Gasteiger partial charge in [-0.05, 0) is 30.9 Å². The Hall–Kier alpha value is -1.14. The largest absolute Gasteiger partial charge is 0.346 e. The van der Waals surface area contributed by atoms with Gasteiger partial charge in [-0.2, -0.15) is 0 Å². The number of halogens is 2. The molecule has 1 fully saturated rings. The summed E-state index contributed by atoms with van der Waals surface area (Å²) in [5, 5.41) is 6.41. The van der Waals surface area contributed by atoms with E-state index in [1.54, 1.807) is 17.5 Å². The number of hydrogen-bond donors (Lipinski definition) is 2. The van der Waals surface area contributed by atoms with Gasteiger partial charge in [0.1, 0.15) is 10.7 Å². The van der Waals surface area contributed by atoms with Crippen molar-refractivity contribution in [2.24, 2.45) is 11.7 Å². The number of rotatable bonds is 5. The van der Waals surface area contributed by atoms with Gasteiger partial charge in [-0.1, -0.05) is 29.3 Å². The number of nitrogens with two attached hydrogens (primary N) is 1. The van der Waals surface area contributed by atoms with Crippen LogP contribution in [0.1, 0.15) is 23.3 Å². The molecule has 1 atom stereocenters. The molecule has 22 heavy (non-hydrogen) atoms. The second-order valence-electron chi connectivity index (χ2n) is 5.32. The summed E-state index contributed by atoms with van der Waals surface area (Å²) in [6.45, 7) is 0.459. The number of carbonyl (C=O) groups excluding carboxylic acids is 1. The zero-order chi connectivity index (χ0) is 15.7.